The van der Waals surface area contributed by atoms with Gasteiger partial charge in [0, 0.05) is 12.6 Å². The topological polar surface area (TPSA) is 30.0 Å². The molecule has 0 atom stereocenters. The van der Waals surface area contributed by atoms with Gasteiger partial charge in [-0.2, -0.15) is 0 Å². The van der Waals surface area contributed by atoms with Crippen LogP contribution in [0.1, 0.15) is 55.1 Å². The van der Waals surface area contributed by atoms with Crippen LogP contribution in [0.5, 0.6) is 0 Å². The Morgan fingerprint density at radius 2 is 2.13 bits per heavy atom. The van der Waals surface area contributed by atoms with E-state index >= 15 is 0 Å². The van der Waals surface area contributed by atoms with Crippen molar-refractivity contribution in [3.63, 3.8) is 0 Å². The first-order valence-electron chi connectivity index (χ1n) is 5.70. The molecule has 0 amide bonds. The van der Waals surface area contributed by atoms with E-state index < -0.39 is 0 Å². The van der Waals surface area contributed by atoms with Gasteiger partial charge in [-0.05, 0) is 25.0 Å². The Morgan fingerprint density at radius 1 is 1.33 bits per heavy atom. The van der Waals surface area contributed by atoms with E-state index in [0.717, 1.165) is 18.4 Å². The average molecular weight is 205 g/mol. The van der Waals surface area contributed by atoms with Gasteiger partial charge in [0.05, 0.1) is 0 Å². The molecular formula is C13H19NO. The minimum absolute atomic E-state index is 0.184. The molecule has 0 saturated carbocycles. The molecule has 0 aliphatic rings. The van der Waals surface area contributed by atoms with E-state index in [1.165, 1.54) is 12.8 Å². The molecule has 0 N–H and O–H groups in total. The van der Waals surface area contributed by atoms with Gasteiger partial charge in [0.2, 0.25) is 0 Å². The molecule has 1 rings (SSSR count). The first kappa shape index (κ1) is 11.9. The number of rotatable bonds is 6. The second-order valence-corrected chi connectivity index (χ2v) is 3.90. The Morgan fingerprint density at radius 3 is 2.80 bits per heavy atom. The summed E-state index contributed by atoms with van der Waals surface area (Å²) in [5.74, 6) is 0.184. The zero-order valence-electron chi connectivity index (χ0n) is 9.62. The number of ketones is 1. The maximum absolute atomic E-state index is 11.8. The fraction of sp³-hybridized carbons (Fsp3) is 0.538. The van der Waals surface area contributed by atoms with Crippen LogP contribution in [-0.2, 0) is 0 Å². The largest absolute Gasteiger partial charge is 0.292 e. The lowest BCUT2D eigenvalue weighted by Crippen LogP contribution is -2.04. The Labute approximate surface area is 91.7 Å². The molecule has 2 nitrogen and oxygen atoms in total. The summed E-state index contributed by atoms with van der Waals surface area (Å²) < 4.78 is 0. The summed E-state index contributed by atoms with van der Waals surface area (Å²) in [4.78, 5) is 15.9. The molecule has 1 heterocycles. The number of hydrogen-bond donors (Lipinski definition) is 0. The molecule has 0 aromatic carbocycles. The van der Waals surface area contributed by atoms with Crippen LogP contribution in [0.4, 0.5) is 0 Å². The predicted octanol–water partition coefficient (Wildman–Crippen LogP) is 3.54. The molecule has 0 spiro atoms. The van der Waals surface area contributed by atoms with Crippen LogP contribution < -0.4 is 0 Å². The van der Waals surface area contributed by atoms with Gasteiger partial charge >= 0.3 is 0 Å². The molecule has 0 fully saturated rings. The van der Waals surface area contributed by atoms with Gasteiger partial charge in [0.25, 0.3) is 0 Å². The summed E-state index contributed by atoms with van der Waals surface area (Å²) >= 11 is 0. The highest BCUT2D eigenvalue weighted by Crippen LogP contribution is 2.10. The van der Waals surface area contributed by atoms with E-state index in [-0.39, 0.29) is 5.78 Å². The third kappa shape index (κ3) is 3.82. The highest BCUT2D eigenvalue weighted by atomic mass is 16.1. The fourth-order valence-corrected chi connectivity index (χ4v) is 1.61. The van der Waals surface area contributed by atoms with Crippen LogP contribution in [0, 0.1) is 6.92 Å². The monoisotopic (exact) mass is 205 g/mol. The van der Waals surface area contributed by atoms with Gasteiger partial charge in [0.1, 0.15) is 5.69 Å². The van der Waals surface area contributed by atoms with Gasteiger partial charge in [-0.1, -0.05) is 32.3 Å². The zero-order valence-corrected chi connectivity index (χ0v) is 9.62. The van der Waals surface area contributed by atoms with Crippen molar-refractivity contribution in [1.82, 2.24) is 4.98 Å². The summed E-state index contributed by atoms with van der Waals surface area (Å²) in [6.45, 7) is 4.11. The third-order valence-corrected chi connectivity index (χ3v) is 2.53. The molecule has 15 heavy (non-hydrogen) atoms. The van der Waals surface area contributed by atoms with E-state index in [1.54, 1.807) is 6.20 Å². The van der Waals surface area contributed by atoms with Gasteiger partial charge in [-0.25, -0.2) is 0 Å². The number of carbonyl (C=O) groups excluding carboxylic acids is 1. The Hall–Kier alpha value is -1.18. The number of pyridine rings is 1. The SMILES string of the molecule is CCCCCCC(=O)c1ncccc1C. The normalized spacial score (nSPS) is 10.3. The molecule has 0 aliphatic carbocycles. The van der Waals surface area contributed by atoms with Crippen LogP contribution in [-0.4, -0.2) is 10.8 Å². The molecule has 0 bridgehead atoms. The summed E-state index contributed by atoms with van der Waals surface area (Å²) in [6, 6.07) is 3.80. The Kier molecular flexibility index (Phi) is 5.02. The van der Waals surface area contributed by atoms with Gasteiger partial charge < -0.3 is 0 Å². The van der Waals surface area contributed by atoms with E-state index in [0.29, 0.717) is 12.1 Å². The van der Waals surface area contributed by atoms with Crippen LogP contribution in [0.15, 0.2) is 18.3 Å². The molecular weight excluding hydrogens is 186 g/mol. The fourth-order valence-electron chi connectivity index (χ4n) is 1.61. The van der Waals surface area contributed by atoms with E-state index in [2.05, 4.69) is 11.9 Å². The average Bonchev–Trinajstić information content (AvgIpc) is 2.25. The maximum atomic E-state index is 11.8. The lowest BCUT2D eigenvalue weighted by atomic mass is 10.1. The van der Waals surface area contributed by atoms with E-state index in [4.69, 9.17) is 0 Å². The van der Waals surface area contributed by atoms with Crippen molar-refractivity contribution in [2.24, 2.45) is 0 Å². The highest BCUT2D eigenvalue weighted by Gasteiger charge is 2.08. The van der Waals surface area contributed by atoms with E-state index in [9.17, 15) is 4.79 Å². The second kappa shape index (κ2) is 6.33. The van der Waals surface area contributed by atoms with Crippen LogP contribution in [0.3, 0.4) is 0 Å². The standard InChI is InChI=1S/C13H19NO/c1-3-4-5-6-9-12(15)13-11(2)8-7-10-14-13/h7-8,10H,3-6,9H2,1-2H3. The number of nitrogens with zero attached hydrogens (tertiary/aromatic N) is 1. The summed E-state index contributed by atoms with van der Waals surface area (Å²) in [7, 11) is 0. The number of carbonyl (C=O) groups is 1. The van der Waals surface area contributed by atoms with Gasteiger partial charge in [0.15, 0.2) is 5.78 Å². The van der Waals surface area contributed by atoms with E-state index in [1.807, 2.05) is 19.1 Å². The quantitative estimate of drug-likeness (QED) is 0.525. The molecule has 82 valence electrons. The Balaban J connectivity index is 2.44. The summed E-state index contributed by atoms with van der Waals surface area (Å²) in [5, 5.41) is 0. The van der Waals surface area contributed by atoms with Gasteiger partial charge in [-0.15, -0.1) is 0 Å². The van der Waals surface area contributed by atoms with Crippen molar-refractivity contribution in [2.75, 3.05) is 0 Å². The van der Waals surface area contributed by atoms with Crippen molar-refractivity contribution in [3.05, 3.63) is 29.6 Å². The summed E-state index contributed by atoms with van der Waals surface area (Å²) in [5.41, 5.74) is 1.63. The van der Waals surface area contributed by atoms with Gasteiger partial charge in [-0.3, -0.25) is 9.78 Å². The van der Waals surface area contributed by atoms with Crippen molar-refractivity contribution >= 4 is 5.78 Å². The maximum Gasteiger partial charge on any atom is 0.181 e. The minimum Gasteiger partial charge on any atom is -0.292 e. The molecule has 0 radical (unpaired) electrons. The smallest absolute Gasteiger partial charge is 0.181 e. The molecule has 1 aromatic heterocycles. The third-order valence-electron chi connectivity index (χ3n) is 2.53. The number of aryl methyl sites for hydroxylation is 1. The van der Waals surface area contributed by atoms with Crippen molar-refractivity contribution in [3.8, 4) is 0 Å². The zero-order chi connectivity index (χ0) is 11.1. The Bertz CT molecular complexity index is 320. The van der Waals surface area contributed by atoms with Crippen molar-refractivity contribution < 1.29 is 4.79 Å². The number of aromatic nitrogens is 1. The number of hydrogen-bond acceptors (Lipinski definition) is 2. The predicted molar refractivity (Wildman–Crippen MR) is 62.1 cm³/mol. The van der Waals surface area contributed by atoms with Crippen molar-refractivity contribution in [1.29, 1.82) is 0 Å². The molecule has 0 saturated heterocycles. The second-order valence-electron chi connectivity index (χ2n) is 3.90. The summed E-state index contributed by atoms with van der Waals surface area (Å²) in [6.07, 6.45) is 6.88. The highest BCUT2D eigenvalue weighted by molar-refractivity contribution is 5.95. The lowest BCUT2D eigenvalue weighted by molar-refractivity contribution is 0.0973. The molecule has 0 unspecified atom stereocenters. The molecule has 0 aliphatic heterocycles. The number of Topliss-reactive ketones (excluding diaryl/α,β-unsaturated/α-hetero) is 1. The van der Waals surface area contributed by atoms with Crippen LogP contribution in [0.25, 0.3) is 0 Å². The first-order chi connectivity index (χ1) is 7.25. The first-order valence-corrected chi connectivity index (χ1v) is 5.70. The lowest BCUT2D eigenvalue weighted by Gasteiger charge is -2.02. The van der Waals surface area contributed by atoms with Crippen LogP contribution in [0.2, 0.25) is 0 Å². The van der Waals surface area contributed by atoms with Crippen molar-refractivity contribution in [2.45, 2.75) is 46.0 Å². The number of unbranched alkanes of at least 4 members (excludes halogenated alkanes) is 3. The molecule has 2 heteroatoms. The minimum atomic E-state index is 0.184. The van der Waals surface area contributed by atoms with Crippen LogP contribution >= 0.6 is 0 Å². The molecule has 1 aromatic rings.